The molecule has 0 radical (unpaired) electrons. The molecular weight excluding hydrogens is 326 g/mol. The van der Waals surface area contributed by atoms with Gasteiger partial charge in [0.1, 0.15) is 17.5 Å². The Hall–Kier alpha value is -2.44. The Balaban J connectivity index is 1.58. The molecule has 0 spiro atoms. The number of imidazole rings is 1. The Morgan fingerprint density at radius 3 is 2.92 bits per heavy atom. The first-order chi connectivity index (χ1) is 12.1. The van der Waals surface area contributed by atoms with E-state index in [0.717, 1.165) is 43.4 Å². The van der Waals surface area contributed by atoms with Crippen molar-refractivity contribution < 1.29 is 13.6 Å². The van der Waals surface area contributed by atoms with Gasteiger partial charge in [-0.05, 0) is 25.3 Å². The van der Waals surface area contributed by atoms with Crippen LogP contribution in [0.25, 0.3) is 0 Å². The average molecular weight is 348 g/mol. The van der Waals surface area contributed by atoms with Crippen molar-refractivity contribution in [3.8, 4) is 0 Å². The monoisotopic (exact) mass is 348 g/mol. The topological polar surface area (TPSA) is 59.0 Å². The average Bonchev–Trinajstić information content (AvgIpc) is 3.01. The highest BCUT2D eigenvalue weighted by molar-refractivity contribution is 5.74. The Morgan fingerprint density at radius 2 is 2.20 bits per heavy atom. The van der Waals surface area contributed by atoms with Gasteiger partial charge in [0.15, 0.2) is 0 Å². The van der Waals surface area contributed by atoms with E-state index in [-0.39, 0.29) is 5.56 Å². The molecule has 2 N–H and O–H groups in total. The minimum Gasteiger partial charge on any atom is -0.335 e. The SMILES string of the molecule is CC[C@H](NC(=O)NCc1cn2c(n1)CCCC2)c1ccc(F)cc1F. The second-order valence-electron chi connectivity index (χ2n) is 6.25. The molecule has 0 unspecified atom stereocenters. The molecule has 2 amide bonds. The summed E-state index contributed by atoms with van der Waals surface area (Å²) in [6.45, 7) is 3.11. The number of nitrogens with one attached hydrogen (secondary N) is 2. The minimum atomic E-state index is -0.658. The highest BCUT2D eigenvalue weighted by Crippen LogP contribution is 2.21. The van der Waals surface area contributed by atoms with E-state index in [2.05, 4.69) is 20.2 Å². The molecule has 0 fully saturated rings. The normalized spacial score (nSPS) is 14.7. The fraction of sp³-hybridized carbons (Fsp3) is 0.444. The molecule has 134 valence electrons. The largest absolute Gasteiger partial charge is 0.335 e. The number of nitrogens with zero attached hydrogens (tertiary/aromatic N) is 2. The number of carbonyl (C=O) groups excluding carboxylic acids is 1. The van der Waals surface area contributed by atoms with E-state index in [0.29, 0.717) is 13.0 Å². The number of benzene rings is 1. The number of aryl methyl sites for hydroxylation is 2. The van der Waals surface area contributed by atoms with Crippen LogP contribution in [-0.4, -0.2) is 15.6 Å². The van der Waals surface area contributed by atoms with Crippen LogP contribution in [0.4, 0.5) is 13.6 Å². The molecular formula is C18H22F2N4O. The molecule has 2 aromatic rings. The highest BCUT2D eigenvalue weighted by Gasteiger charge is 2.18. The molecule has 25 heavy (non-hydrogen) atoms. The predicted octanol–water partition coefficient (Wildman–Crippen LogP) is 3.45. The number of hydrogen-bond acceptors (Lipinski definition) is 2. The Bertz CT molecular complexity index is 736. The second kappa shape index (κ2) is 7.63. The van der Waals surface area contributed by atoms with Gasteiger partial charge in [-0.3, -0.25) is 0 Å². The molecule has 1 aliphatic heterocycles. The molecule has 1 atom stereocenters. The van der Waals surface area contributed by atoms with E-state index in [1.807, 2.05) is 13.1 Å². The quantitative estimate of drug-likeness (QED) is 0.869. The van der Waals surface area contributed by atoms with Gasteiger partial charge in [0, 0.05) is 30.8 Å². The van der Waals surface area contributed by atoms with Crippen LogP contribution >= 0.6 is 0 Å². The lowest BCUT2D eigenvalue weighted by Gasteiger charge is -2.18. The van der Waals surface area contributed by atoms with E-state index in [9.17, 15) is 13.6 Å². The Labute approximate surface area is 145 Å². The van der Waals surface area contributed by atoms with Gasteiger partial charge in [-0.2, -0.15) is 0 Å². The number of carbonyl (C=O) groups is 1. The highest BCUT2D eigenvalue weighted by atomic mass is 19.1. The van der Waals surface area contributed by atoms with Crippen molar-refractivity contribution >= 4 is 6.03 Å². The zero-order valence-corrected chi connectivity index (χ0v) is 14.2. The molecule has 7 heteroatoms. The Kier molecular flexibility index (Phi) is 5.31. The van der Waals surface area contributed by atoms with Crippen LogP contribution in [0.2, 0.25) is 0 Å². The van der Waals surface area contributed by atoms with Crippen LogP contribution in [0.1, 0.15) is 49.3 Å². The summed E-state index contributed by atoms with van der Waals surface area (Å²) < 4.78 is 29.1. The molecule has 0 aliphatic carbocycles. The smallest absolute Gasteiger partial charge is 0.315 e. The van der Waals surface area contributed by atoms with Crippen molar-refractivity contribution in [2.45, 2.75) is 51.7 Å². The zero-order valence-electron chi connectivity index (χ0n) is 14.2. The Morgan fingerprint density at radius 1 is 1.36 bits per heavy atom. The van der Waals surface area contributed by atoms with Gasteiger partial charge in [-0.1, -0.05) is 13.0 Å². The summed E-state index contributed by atoms with van der Waals surface area (Å²) in [6.07, 6.45) is 5.72. The lowest BCUT2D eigenvalue weighted by Crippen LogP contribution is -2.37. The van der Waals surface area contributed by atoms with Crippen LogP contribution in [0.5, 0.6) is 0 Å². The lowest BCUT2D eigenvalue weighted by atomic mass is 10.0. The standard InChI is InChI=1S/C18H22F2N4O/c1-2-16(14-7-6-12(19)9-15(14)20)23-18(25)21-10-13-11-24-8-4-3-5-17(24)22-13/h6-7,9,11,16H,2-5,8,10H2,1H3,(H2,21,23,25)/t16-/m0/s1. The van der Waals surface area contributed by atoms with Crippen LogP contribution in [0, 0.1) is 11.6 Å². The maximum atomic E-state index is 13.9. The number of fused-ring (bicyclic) bond motifs is 1. The van der Waals surface area contributed by atoms with Gasteiger partial charge >= 0.3 is 6.03 Å². The summed E-state index contributed by atoms with van der Waals surface area (Å²) in [5.41, 5.74) is 1.09. The van der Waals surface area contributed by atoms with E-state index in [4.69, 9.17) is 0 Å². The molecule has 1 aromatic heterocycles. The molecule has 0 bridgehead atoms. The van der Waals surface area contributed by atoms with Crippen LogP contribution in [0.15, 0.2) is 24.4 Å². The number of rotatable bonds is 5. The first-order valence-corrected chi connectivity index (χ1v) is 8.61. The molecule has 0 saturated carbocycles. The van der Waals surface area contributed by atoms with Gasteiger partial charge in [0.2, 0.25) is 0 Å². The van der Waals surface area contributed by atoms with Crippen molar-refractivity contribution in [2.24, 2.45) is 0 Å². The van der Waals surface area contributed by atoms with Crippen molar-refractivity contribution in [1.82, 2.24) is 20.2 Å². The first-order valence-electron chi connectivity index (χ1n) is 8.61. The molecule has 5 nitrogen and oxygen atoms in total. The maximum Gasteiger partial charge on any atom is 0.315 e. The number of aromatic nitrogens is 2. The van der Waals surface area contributed by atoms with E-state index >= 15 is 0 Å². The molecule has 3 rings (SSSR count). The summed E-state index contributed by atoms with van der Waals surface area (Å²) in [5.74, 6) is -0.235. The third-order valence-electron chi connectivity index (χ3n) is 4.44. The van der Waals surface area contributed by atoms with Crippen LogP contribution < -0.4 is 10.6 Å². The number of amides is 2. The van der Waals surface area contributed by atoms with Crippen molar-refractivity contribution in [2.75, 3.05) is 0 Å². The zero-order chi connectivity index (χ0) is 17.8. The van der Waals surface area contributed by atoms with Crippen LogP contribution in [-0.2, 0) is 19.5 Å². The fourth-order valence-electron chi connectivity index (χ4n) is 3.12. The van der Waals surface area contributed by atoms with Crippen molar-refractivity contribution in [3.63, 3.8) is 0 Å². The molecule has 2 heterocycles. The van der Waals surface area contributed by atoms with E-state index < -0.39 is 23.7 Å². The summed E-state index contributed by atoms with van der Waals surface area (Å²) in [5, 5.41) is 5.48. The third-order valence-corrected chi connectivity index (χ3v) is 4.44. The fourth-order valence-corrected chi connectivity index (χ4v) is 3.12. The predicted molar refractivity (Wildman–Crippen MR) is 89.9 cm³/mol. The summed E-state index contributed by atoms with van der Waals surface area (Å²) in [4.78, 5) is 16.6. The van der Waals surface area contributed by atoms with Gasteiger partial charge in [0.05, 0.1) is 18.3 Å². The number of hydrogen-bond donors (Lipinski definition) is 2. The van der Waals surface area contributed by atoms with Gasteiger partial charge < -0.3 is 15.2 Å². The van der Waals surface area contributed by atoms with E-state index in [1.165, 1.54) is 12.1 Å². The van der Waals surface area contributed by atoms with Crippen molar-refractivity contribution in [1.29, 1.82) is 0 Å². The third kappa shape index (κ3) is 4.15. The minimum absolute atomic E-state index is 0.275. The van der Waals surface area contributed by atoms with Crippen molar-refractivity contribution in [3.05, 3.63) is 53.1 Å². The van der Waals surface area contributed by atoms with Gasteiger partial charge in [-0.15, -0.1) is 0 Å². The summed E-state index contributed by atoms with van der Waals surface area (Å²) in [6, 6.07) is 2.46. The molecule has 1 aliphatic rings. The maximum absolute atomic E-state index is 13.9. The van der Waals surface area contributed by atoms with Crippen LogP contribution in [0.3, 0.4) is 0 Å². The van der Waals surface area contributed by atoms with E-state index in [1.54, 1.807) is 0 Å². The second-order valence-corrected chi connectivity index (χ2v) is 6.25. The molecule has 1 aromatic carbocycles. The molecule has 0 saturated heterocycles. The lowest BCUT2D eigenvalue weighted by molar-refractivity contribution is 0.236. The number of halogens is 2. The van der Waals surface area contributed by atoms with Gasteiger partial charge in [0.25, 0.3) is 0 Å². The number of urea groups is 1. The first kappa shape index (κ1) is 17.4. The summed E-state index contributed by atoms with van der Waals surface area (Å²) >= 11 is 0. The summed E-state index contributed by atoms with van der Waals surface area (Å²) in [7, 11) is 0. The van der Waals surface area contributed by atoms with Gasteiger partial charge in [-0.25, -0.2) is 18.6 Å².